The molecule has 1 amide bonds. The van der Waals surface area contributed by atoms with E-state index in [1.807, 2.05) is 31.2 Å². The first-order valence-corrected chi connectivity index (χ1v) is 7.59. The number of hydrogen-bond acceptors (Lipinski definition) is 4. The van der Waals surface area contributed by atoms with Gasteiger partial charge in [0.25, 0.3) is 0 Å². The van der Waals surface area contributed by atoms with Crippen molar-refractivity contribution in [2.75, 3.05) is 31.6 Å². The summed E-state index contributed by atoms with van der Waals surface area (Å²) in [5, 5.41) is 2.92. The number of nitrogens with zero attached hydrogens (tertiary/aromatic N) is 1. The number of ether oxygens (including phenoxy) is 1. The Balaban J connectivity index is 0.00000242. The molecule has 22 heavy (non-hydrogen) atoms. The number of hydrogen-bond donors (Lipinski definition) is 2. The number of benzene rings is 1. The second-order valence-corrected chi connectivity index (χ2v) is 5.67. The third-order valence-corrected chi connectivity index (χ3v) is 3.87. The number of nitrogens with two attached hydrogens (primary N) is 1. The number of amides is 1. The summed E-state index contributed by atoms with van der Waals surface area (Å²) < 4.78 is 5.38. The first-order valence-electron chi connectivity index (χ1n) is 7.59. The molecule has 1 aromatic carbocycles. The summed E-state index contributed by atoms with van der Waals surface area (Å²) in [6.45, 7) is 6.92. The Labute approximate surface area is 138 Å². The molecule has 0 bridgehead atoms. The fraction of sp³-hybridized carbons (Fsp3) is 0.562. The van der Waals surface area contributed by atoms with E-state index >= 15 is 0 Å². The van der Waals surface area contributed by atoms with Crippen LogP contribution in [0.4, 0.5) is 5.69 Å². The van der Waals surface area contributed by atoms with Gasteiger partial charge in [-0.2, -0.15) is 0 Å². The van der Waals surface area contributed by atoms with Crippen molar-refractivity contribution in [3.8, 4) is 5.75 Å². The summed E-state index contributed by atoms with van der Waals surface area (Å²) in [5.74, 6) is 1.27. The Morgan fingerprint density at radius 2 is 2.09 bits per heavy atom. The van der Waals surface area contributed by atoms with Crippen LogP contribution in [0.1, 0.15) is 20.3 Å². The zero-order valence-corrected chi connectivity index (χ0v) is 14.1. The van der Waals surface area contributed by atoms with Gasteiger partial charge >= 0.3 is 0 Å². The lowest BCUT2D eigenvalue weighted by atomic mass is 9.95. The minimum atomic E-state index is 0. The predicted molar refractivity (Wildman–Crippen MR) is 91.7 cm³/mol. The lowest BCUT2D eigenvalue weighted by molar-refractivity contribution is -0.117. The summed E-state index contributed by atoms with van der Waals surface area (Å²) in [7, 11) is 0. The molecule has 1 fully saturated rings. The minimum Gasteiger partial charge on any atom is -0.494 e. The molecule has 5 nitrogen and oxygen atoms in total. The Bertz CT molecular complexity index is 467. The highest BCUT2D eigenvalue weighted by atomic mass is 35.5. The molecule has 2 atom stereocenters. The van der Waals surface area contributed by atoms with Crippen molar-refractivity contribution in [1.82, 2.24) is 4.90 Å². The standard InChI is InChI=1S/C16H25N3O2.ClH/c1-3-21-14-6-4-13(5-7-14)18-16(20)11-19-9-8-15(17)12(2)10-19;/h4-7,12,15H,3,8-11,17H2,1-2H3,(H,18,20);1H. The van der Waals surface area contributed by atoms with Gasteiger partial charge in [-0.1, -0.05) is 6.92 Å². The van der Waals surface area contributed by atoms with Gasteiger partial charge in [-0.25, -0.2) is 0 Å². The number of halogens is 1. The van der Waals surface area contributed by atoms with Crippen LogP contribution in [0.5, 0.6) is 5.75 Å². The van der Waals surface area contributed by atoms with Crippen LogP contribution < -0.4 is 15.8 Å². The van der Waals surface area contributed by atoms with Crippen LogP contribution in [0.3, 0.4) is 0 Å². The van der Waals surface area contributed by atoms with Crippen molar-refractivity contribution >= 4 is 24.0 Å². The lowest BCUT2D eigenvalue weighted by Crippen LogP contribution is -2.48. The zero-order valence-electron chi connectivity index (χ0n) is 13.2. The number of likely N-dealkylation sites (tertiary alicyclic amines) is 1. The average molecular weight is 328 g/mol. The van der Waals surface area contributed by atoms with Crippen LogP contribution in [0.25, 0.3) is 0 Å². The molecule has 6 heteroatoms. The van der Waals surface area contributed by atoms with Crippen LogP contribution in [0.15, 0.2) is 24.3 Å². The molecule has 0 spiro atoms. The van der Waals surface area contributed by atoms with Gasteiger partial charge in [-0.3, -0.25) is 9.69 Å². The lowest BCUT2D eigenvalue weighted by Gasteiger charge is -2.34. The third-order valence-electron chi connectivity index (χ3n) is 3.87. The van der Waals surface area contributed by atoms with Gasteiger partial charge in [0.05, 0.1) is 13.2 Å². The number of carbonyl (C=O) groups is 1. The molecule has 124 valence electrons. The van der Waals surface area contributed by atoms with E-state index in [-0.39, 0.29) is 24.4 Å². The van der Waals surface area contributed by atoms with Gasteiger partial charge in [0.15, 0.2) is 0 Å². The van der Waals surface area contributed by atoms with Crippen LogP contribution in [-0.4, -0.2) is 43.1 Å². The summed E-state index contributed by atoms with van der Waals surface area (Å²) in [6.07, 6.45) is 0.956. The largest absolute Gasteiger partial charge is 0.494 e. The molecule has 1 heterocycles. The molecule has 1 aliphatic heterocycles. The number of nitrogens with one attached hydrogen (secondary N) is 1. The predicted octanol–water partition coefficient (Wildman–Crippen LogP) is 2.11. The Hall–Kier alpha value is -1.30. The van der Waals surface area contributed by atoms with Gasteiger partial charge in [0.2, 0.25) is 5.91 Å². The van der Waals surface area contributed by atoms with Crippen molar-refractivity contribution < 1.29 is 9.53 Å². The number of anilines is 1. The van der Waals surface area contributed by atoms with Gasteiger partial charge in [0.1, 0.15) is 5.75 Å². The molecule has 0 aromatic heterocycles. The molecule has 1 aliphatic rings. The summed E-state index contributed by atoms with van der Waals surface area (Å²) in [6, 6.07) is 7.70. The van der Waals surface area contributed by atoms with Crippen molar-refractivity contribution in [2.45, 2.75) is 26.3 Å². The highest BCUT2D eigenvalue weighted by Gasteiger charge is 2.24. The second kappa shape index (κ2) is 8.98. The smallest absolute Gasteiger partial charge is 0.238 e. The van der Waals surface area contributed by atoms with E-state index in [9.17, 15) is 4.79 Å². The van der Waals surface area contributed by atoms with Crippen LogP contribution in [-0.2, 0) is 4.79 Å². The van der Waals surface area contributed by atoms with Crippen LogP contribution in [0, 0.1) is 5.92 Å². The molecule has 0 aliphatic carbocycles. The van der Waals surface area contributed by atoms with Gasteiger partial charge in [-0.05, 0) is 43.5 Å². The molecule has 0 radical (unpaired) electrons. The van der Waals surface area contributed by atoms with E-state index in [1.54, 1.807) is 0 Å². The highest BCUT2D eigenvalue weighted by molar-refractivity contribution is 5.92. The molecule has 2 rings (SSSR count). The van der Waals surface area contributed by atoms with E-state index in [4.69, 9.17) is 10.5 Å². The third kappa shape index (κ3) is 5.48. The highest BCUT2D eigenvalue weighted by Crippen LogP contribution is 2.17. The summed E-state index contributed by atoms with van der Waals surface area (Å²) >= 11 is 0. The molecular formula is C16H26ClN3O2. The maximum absolute atomic E-state index is 12.1. The number of rotatable bonds is 5. The second-order valence-electron chi connectivity index (χ2n) is 5.67. The minimum absolute atomic E-state index is 0. The molecule has 3 N–H and O–H groups in total. The first kappa shape index (κ1) is 18.7. The van der Waals surface area contributed by atoms with Crippen molar-refractivity contribution in [3.05, 3.63) is 24.3 Å². The van der Waals surface area contributed by atoms with Gasteiger partial charge in [-0.15, -0.1) is 12.4 Å². The van der Waals surface area contributed by atoms with Gasteiger partial charge < -0.3 is 15.8 Å². The maximum atomic E-state index is 12.1. The summed E-state index contributed by atoms with van der Waals surface area (Å²) in [5.41, 5.74) is 6.79. The zero-order chi connectivity index (χ0) is 15.2. The molecular weight excluding hydrogens is 302 g/mol. The molecule has 1 aromatic rings. The normalized spacial score (nSPS) is 21.8. The Morgan fingerprint density at radius 3 is 2.68 bits per heavy atom. The monoisotopic (exact) mass is 327 g/mol. The topological polar surface area (TPSA) is 67.6 Å². The quantitative estimate of drug-likeness (QED) is 0.869. The fourth-order valence-corrected chi connectivity index (χ4v) is 2.60. The maximum Gasteiger partial charge on any atom is 0.238 e. The average Bonchev–Trinajstić information content (AvgIpc) is 2.45. The first-order chi connectivity index (χ1) is 10.1. The van der Waals surface area contributed by atoms with E-state index in [1.165, 1.54) is 0 Å². The van der Waals surface area contributed by atoms with Crippen molar-refractivity contribution in [3.63, 3.8) is 0 Å². The molecule has 0 saturated carbocycles. The van der Waals surface area contributed by atoms with E-state index in [2.05, 4.69) is 17.1 Å². The van der Waals surface area contributed by atoms with Crippen LogP contribution in [0.2, 0.25) is 0 Å². The SMILES string of the molecule is CCOc1ccc(NC(=O)CN2CCC(N)C(C)C2)cc1.Cl. The summed E-state index contributed by atoms with van der Waals surface area (Å²) in [4.78, 5) is 14.2. The van der Waals surface area contributed by atoms with Crippen molar-refractivity contribution in [2.24, 2.45) is 11.7 Å². The van der Waals surface area contributed by atoms with E-state index in [0.29, 0.717) is 19.1 Å². The van der Waals surface area contributed by atoms with Crippen LogP contribution >= 0.6 is 12.4 Å². The molecule has 2 unspecified atom stereocenters. The fourth-order valence-electron chi connectivity index (χ4n) is 2.60. The number of carbonyl (C=O) groups excluding carboxylic acids is 1. The Kier molecular flexibility index (Phi) is 7.65. The van der Waals surface area contributed by atoms with E-state index < -0.39 is 0 Å². The van der Waals surface area contributed by atoms with E-state index in [0.717, 1.165) is 30.9 Å². The van der Waals surface area contributed by atoms with Crippen molar-refractivity contribution in [1.29, 1.82) is 0 Å². The number of piperidine rings is 1. The molecule has 1 saturated heterocycles. The Morgan fingerprint density at radius 1 is 1.41 bits per heavy atom. The van der Waals surface area contributed by atoms with Gasteiger partial charge in [0, 0.05) is 24.8 Å².